The van der Waals surface area contributed by atoms with Crippen molar-refractivity contribution in [1.29, 1.82) is 0 Å². The molecule has 0 aromatic heterocycles. The second-order valence-electron chi connectivity index (χ2n) is 6.47. The van der Waals surface area contributed by atoms with Gasteiger partial charge >= 0.3 is 5.97 Å². The van der Waals surface area contributed by atoms with Crippen LogP contribution in [0.15, 0.2) is 23.1 Å². The van der Waals surface area contributed by atoms with E-state index >= 15 is 0 Å². The first-order valence-electron chi connectivity index (χ1n) is 7.32. The highest BCUT2D eigenvalue weighted by Crippen LogP contribution is 2.40. The molecule has 1 saturated heterocycles. The molecule has 1 aliphatic rings. The number of aliphatic hydroxyl groups is 1. The molecule has 1 heterocycles. The Bertz CT molecular complexity index is 735. The number of carboxylic acid groups (broad SMARTS) is 1. The van der Waals surface area contributed by atoms with Gasteiger partial charge in [0.2, 0.25) is 10.0 Å². The lowest BCUT2D eigenvalue weighted by atomic mass is 9.70. The number of hydrogen-bond donors (Lipinski definition) is 2. The summed E-state index contributed by atoms with van der Waals surface area (Å²) >= 11 is 0. The van der Waals surface area contributed by atoms with Gasteiger partial charge < -0.3 is 10.2 Å². The molecule has 134 valence electrons. The van der Waals surface area contributed by atoms with Crippen LogP contribution in [0.1, 0.15) is 26.7 Å². The molecule has 0 atom stereocenters. The van der Waals surface area contributed by atoms with Crippen LogP contribution in [0.2, 0.25) is 0 Å². The van der Waals surface area contributed by atoms with Crippen molar-refractivity contribution in [3.63, 3.8) is 0 Å². The molecule has 0 radical (unpaired) electrons. The third kappa shape index (κ3) is 3.15. The largest absolute Gasteiger partial charge is 0.481 e. The average molecular weight is 363 g/mol. The zero-order valence-electron chi connectivity index (χ0n) is 13.3. The minimum Gasteiger partial charge on any atom is -0.481 e. The number of aliphatic carboxylic acids is 1. The number of hydrogen-bond acceptors (Lipinski definition) is 4. The van der Waals surface area contributed by atoms with E-state index in [2.05, 4.69) is 0 Å². The molecule has 0 spiro atoms. The maximum atomic E-state index is 13.3. The second kappa shape index (κ2) is 6.05. The predicted octanol–water partition coefficient (Wildman–Crippen LogP) is 1.59. The van der Waals surface area contributed by atoms with Gasteiger partial charge in [-0.05, 0) is 38.8 Å². The quantitative estimate of drug-likeness (QED) is 0.847. The van der Waals surface area contributed by atoms with Crippen LogP contribution in [0, 0.1) is 17.0 Å². The van der Waals surface area contributed by atoms with Crippen LogP contribution < -0.4 is 0 Å². The van der Waals surface area contributed by atoms with Gasteiger partial charge in [-0.1, -0.05) is 0 Å². The molecule has 24 heavy (non-hydrogen) atoms. The van der Waals surface area contributed by atoms with Gasteiger partial charge in [-0.2, -0.15) is 4.31 Å². The molecule has 1 aromatic carbocycles. The van der Waals surface area contributed by atoms with Crippen LogP contribution in [0.4, 0.5) is 8.78 Å². The Labute approximate surface area is 138 Å². The second-order valence-corrected chi connectivity index (χ2v) is 8.41. The number of halogens is 2. The third-order valence-corrected chi connectivity index (χ3v) is 6.60. The van der Waals surface area contributed by atoms with Crippen molar-refractivity contribution in [2.24, 2.45) is 5.41 Å². The van der Waals surface area contributed by atoms with Crippen LogP contribution in [0.3, 0.4) is 0 Å². The molecule has 1 aliphatic heterocycles. The smallest absolute Gasteiger partial charge is 0.312 e. The molecule has 0 unspecified atom stereocenters. The fourth-order valence-electron chi connectivity index (χ4n) is 2.75. The molecule has 2 rings (SSSR count). The summed E-state index contributed by atoms with van der Waals surface area (Å²) in [4.78, 5) is 10.8. The zero-order chi connectivity index (χ0) is 18.3. The van der Waals surface area contributed by atoms with Crippen molar-refractivity contribution in [3.8, 4) is 0 Å². The molecule has 9 heteroatoms. The number of benzene rings is 1. The predicted molar refractivity (Wildman–Crippen MR) is 80.7 cm³/mol. The molecule has 2 N–H and O–H groups in total. The van der Waals surface area contributed by atoms with E-state index in [9.17, 15) is 32.2 Å². The fourth-order valence-corrected chi connectivity index (χ4v) is 4.23. The highest BCUT2D eigenvalue weighted by Gasteiger charge is 2.51. The van der Waals surface area contributed by atoms with Gasteiger partial charge in [-0.15, -0.1) is 0 Å². The van der Waals surface area contributed by atoms with Crippen molar-refractivity contribution in [2.45, 2.75) is 37.2 Å². The SMILES string of the molecule is CC(C)(C(=O)O)C1(O)CCN(S(=O)(=O)c2cc(F)cc(F)c2)CC1. The summed E-state index contributed by atoms with van der Waals surface area (Å²) in [5.41, 5.74) is -3.02. The lowest BCUT2D eigenvalue weighted by molar-refractivity contribution is -0.169. The van der Waals surface area contributed by atoms with Gasteiger partial charge in [0.05, 0.1) is 15.9 Å². The van der Waals surface area contributed by atoms with Gasteiger partial charge in [0.1, 0.15) is 11.6 Å². The normalized spacial score (nSPS) is 19.2. The maximum absolute atomic E-state index is 13.3. The molecule has 0 aliphatic carbocycles. The van der Waals surface area contributed by atoms with Gasteiger partial charge in [0.15, 0.2) is 0 Å². The van der Waals surface area contributed by atoms with E-state index in [1.54, 1.807) is 0 Å². The van der Waals surface area contributed by atoms with E-state index in [0.717, 1.165) is 16.4 Å². The number of piperidine rings is 1. The topological polar surface area (TPSA) is 94.9 Å². The summed E-state index contributed by atoms with van der Waals surface area (Å²) in [6, 6.07) is 2.02. The van der Waals surface area contributed by atoms with Crippen molar-refractivity contribution in [2.75, 3.05) is 13.1 Å². The Hall–Kier alpha value is -1.58. The Morgan fingerprint density at radius 3 is 2.04 bits per heavy atom. The summed E-state index contributed by atoms with van der Waals surface area (Å²) < 4.78 is 52.5. The van der Waals surface area contributed by atoms with Gasteiger partial charge in [-0.3, -0.25) is 4.79 Å². The number of carbonyl (C=O) groups is 1. The fraction of sp³-hybridized carbons (Fsp3) is 0.533. The summed E-state index contributed by atoms with van der Waals surface area (Å²) in [7, 11) is -4.13. The summed E-state index contributed by atoms with van der Waals surface area (Å²) in [6.45, 7) is 2.46. The van der Waals surface area contributed by atoms with Crippen molar-refractivity contribution >= 4 is 16.0 Å². The zero-order valence-corrected chi connectivity index (χ0v) is 14.1. The van der Waals surface area contributed by atoms with E-state index in [-0.39, 0.29) is 25.9 Å². The minimum atomic E-state index is -4.13. The number of nitrogens with zero attached hydrogens (tertiary/aromatic N) is 1. The van der Waals surface area contributed by atoms with Crippen LogP contribution >= 0.6 is 0 Å². The van der Waals surface area contributed by atoms with Crippen LogP contribution in [-0.2, 0) is 14.8 Å². The molecule has 0 saturated carbocycles. The van der Waals surface area contributed by atoms with Gasteiger partial charge in [-0.25, -0.2) is 17.2 Å². The van der Waals surface area contributed by atoms with Crippen molar-refractivity contribution in [1.82, 2.24) is 4.31 Å². The van der Waals surface area contributed by atoms with Crippen LogP contribution in [0.5, 0.6) is 0 Å². The van der Waals surface area contributed by atoms with Gasteiger partial charge in [0, 0.05) is 19.2 Å². The minimum absolute atomic E-state index is 0.0939. The number of sulfonamides is 1. The third-order valence-electron chi connectivity index (χ3n) is 4.72. The first-order valence-corrected chi connectivity index (χ1v) is 8.76. The Balaban J connectivity index is 2.24. The molecular formula is C15H19F2NO5S. The molecule has 0 bridgehead atoms. The summed E-state index contributed by atoms with van der Waals surface area (Å²) in [6.07, 6.45) is -0.188. The molecule has 0 amide bonds. The summed E-state index contributed by atoms with van der Waals surface area (Å²) in [5.74, 6) is -3.20. The first-order chi connectivity index (χ1) is 10.9. The van der Waals surface area contributed by atoms with Crippen LogP contribution in [-0.4, -0.2) is 47.6 Å². The Morgan fingerprint density at radius 1 is 1.17 bits per heavy atom. The van der Waals surface area contributed by atoms with Crippen LogP contribution in [0.25, 0.3) is 0 Å². The maximum Gasteiger partial charge on any atom is 0.312 e. The van der Waals surface area contributed by atoms with Gasteiger partial charge in [0.25, 0.3) is 0 Å². The van der Waals surface area contributed by atoms with E-state index in [4.69, 9.17) is 0 Å². The first kappa shape index (κ1) is 18.8. The highest BCUT2D eigenvalue weighted by atomic mass is 32.2. The Kier molecular flexibility index (Phi) is 4.73. The Morgan fingerprint density at radius 2 is 1.62 bits per heavy atom. The van der Waals surface area contributed by atoms with Crippen molar-refractivity contribution in [3.05, 3.63) is 29.8 Å². The number of rotatable bonds is 4. The monoisotopic (exact) mass is 363 g/mol. The molecule has 6 nitrogen and oxygen atoms in total. The van der Waals surface area contributed by atoms with E-state index < -0.39 is 43.5 Å². The highest BCUT2D eigenvalue weighted by molar-refractivity contribution is 7.89. The molecular weight excluding hydrogens is 344 g/mol. The summed E-state index contributed by atoms with van der Waals surface area (Å²) in [5, 5.41) is 19.8. The average Bonchev–Trinajstić information content (AvgIpc) is 2.46. The number of carboxylic acids is 1. The van der Waals surface area contributed by atoms with E-state index in [1.807, 2.05) is 0 Å². The standard InChI is InChI=1S/C15H19F2NO5S/c1-14(2,13(19)20)15(21)3-5-18(6-4-15)24(22,23)12-8-10(16)7-11(17)9-12/h7-9,21H,3-6H2,1-2H3,(H,19,20). The lowest BCUT2D eigenvalue weighted by Crippen LogP contribution is -2.56. The van der Waals surface area contributed by atoms with E-state index in [0.29, 0.717) is 6.07 Å². The van der Waals surface area contributed by atoms with E-state index in [1.165, 1.54) is 13.8 Å². The molecule has 1 aromatic rings. The van der Waals surface area contributed by atoms with Crippen molar-refractivity contribution < 1.29 is 32.2 Å². The lowest BCUT2D eigenvalue weighted by Gasteiger charge is -2.44. The molecule has 1 fully saturated rings.